The van der Waals surface area contributed by atoms with Gasteiger partial charge in [-0.3, -0.25) is 0 Å². The lowest BCUT2D eigenvalue weighted by molar-refractivity contribution is -0.112. The van der Waals surface area contributed by atoms with Crippen LogP contribution in [0.25, 0.3) is 0 Å². The Kier molecular flexibility index (Phi) is 6.29. The maximum atomic E-state index is 10.4. The van der Waals surface area contributed by atoms with Gasteiger partial charge in [-0.05, 0) is 17.7 Å². The Hall–Kier alpha value is -1.39. The second-order valence-corrected chi connectivity index (χ2v) is 3.64. The molecule has 0 heterocycles. The average molecular weight is 238 g/mol. The smallest absolute Gasteiger partial charge is 0.122 e. The van der Waals surface area contributed by atoms with E-state index in [2.05, 4.69) is 0 Å². The van der Waals surface area contributed by atoms with Crippen molar-refractivity contribution in [1.82, 2.24) is 0 Å². The SMILES string of the molecule is COCC(CC=O)OCc1ccc(OC)cc1. The van der Waals surface area contributed by atoms with Crippen LogP contribution in [0.5, 0.6) is 5.75 Å². The minimum Gasteiger partial charge on any atom is -0.497 e. The van der Waals surface area contributed by atoms with Crippen LogP contribution in [0.3, 0.4) is 0 Å². The molecular formula is C13H18O4. The maximum absolute atomic E-state index is 10.4. The van der Waals surface area contributed by atoms with Crippen molar-refractivity contribution >= 4 is 6.29 Å². The van der Waals surface area contributed by atoms with Crippen LogP contribution >= 0.6 is 0 Å². The quantitative estimate of drug-likeness (QED) is 0.648. The molecule has 1 atom stereocenters. The maximum Gasteiger partial charge on any atom is 0.122 e. The first-order valence-corrected chi connectivity index (χ1v) is 5.47. The number of hydrogen-bond acceptors (Lipinski definition) is 4. The van der Waals surface area contributed by atoms with Crippen molar-refractivity contribution in [3.63, 3.8) is 0 Å². The second kappa shape index (κ2) is 7.81. The molecule has 4 heteroatoms. The third-order valence-corrected chi connectivity index (χ3v) is 2.36. The zero-order valence-electron chi connectivity index (χ0n) is 10.2. The second-order valence-electron chi connectivity index (χ2n) is 3.64. The number of ether oxygens (including phenoxy) is 3. The fourth-order valence-electron chi connectivity index (χ4n) is 1.41. The van der Waals surface area contributed by atoms with Crippen molar-refractivity contribution in [3.05, 3.63) is 29.8 Å². The van der Waals surface area contributed by atoms with Gasteiger partial charge in [0.25, 0.3) is 0 Å². The molecule has 0 N–H and O–H groups in total. The number of hydrogen-bond donors (Lipinski definition) is 0. The highest BCUT2D eigenvalue weighted by molar-refractivity contribution is 5.50. The van der Waals surface area contributed by atoms with Crippen molar-refractivity contribution in [2.45, 2.75) is 19.1 Å². The Labute approximate surface area is 101 Å². The summed E-state index contributed by atoms with van der Waals surface area (Å²) in [5.74, 6) is 0.815. The highest BCUT2D eigenvalue weighted by atomic mass is 16.5. The number of carbonyl (C=O) groups excluding carboxylic acids is 1. The molecule has 0 bridgehead atoms. The van der Waals surface area contributed by atoms with E-state index in [-0.39, 0.29) is 6.10 Å². The summed E-state index contributed by atoms with van der Waals surface area (Å²) in [6.07, 6.45) is 1.02. The topological polar surface area (TPSA) is 44.8 Å². The average Bonchev–Trinajstić information content (AvgIpc) is 2.37. The monoisotopic (exact) mass is 238 g/mol. The lowest BCUT2D eigenvalue weighted by Gasteiger charge is -2.14. The largest absolute Gasteiger partial charge is 0.497 e. The van der Waals surface area contributed by atoms with Crippen LogP contribution in [-0.4, -0.2) is 33.2 Å². The number of rotatable bonds is 8. The first-order valence-electron chi connectivity index (χ1n) is 5.47. The van der Waals surface area contributed by atoms with Crippen LogP contribution in [-0.2, 0) is 20.9 Å². The van der Waals surface area contributed by atoms with Crippen LogP contribution < -0.4 is 4.74 Å². The zero-order chi connectivity index (χ0) is 12.5. The normalized spacial score (nSPS) is 12.1. The summed E-state index contributed by atoms with van der Waals surface area (Å²) in [4.78, 5) is 10.4. The van der Waals surface area contributed by atoms with E-state index in [9.17, 15) is 4.79 Å². The van der Waals surface area contributed by atoms with Crippen LogP contribution in [0.4, 0.5) is 0 Å². The van der Waals surface area contributed by atoms with E-state index >= 15 is 0 Å². The lowest BCUT2D eigenvalue weighted by Crippen LogP contribution is -2.19. The minimum atomic E-state index is -0.181. The van der Waals surface area contributed by atoms with Gasteiger partial charge in [-0.1, -0.05) is 12.1 Å². The van der Waals surface area contributed by atoms with E-state index in [1.165, 1.54) is 0 Å². The van der Waals surface area contributed by atoms with Crippen molar-refractivity contribution in [2.75, 3.05) is 20.8 Å². The molecule has 0 amide bonds. The molecule has 1 aromatic carbocycles. The minimum absolute atomic E-state index is 0.181. The van der Waals surface area contributed by atoms with Crippen molar-refractivity contribution in [1.29, 1.82) is 0 Å². The van der Waals surface area contributed by atoms with Crippen molar-refractivity contribution < 1.29 is 19.0 Å². The van der Waals surface area contributed by atoms with Crippen LogP contribution in [0.1, 0.15) is 12.0 Å². The van der Waals surface area contributed by atoms with Crippen molar-refractivity contribution in [2.24, 2.45) is 0 Å². The molecule has 94 valence electrons. The molecule has 1 rings (SSSR count). The van der Waals surface area contributed by atoms with E-state index in [1.54, 1.807) is 14.2 Å². The van der Waals surface area contributed by atoms with Gasteiger partial charge in [0.15, 0.2) is 0 Å². The predicted molar refractivity (Wildman–Crippen MR) is 64.1 cm³/mol. The van der Waals surface area contributed by atoms with Gasteiger partial charge >= 0.3 is 0 Å². The number of aldehydes is 1. The van der Waals surface area contributed by atoms with Gasteiger partial charge in [-0.2, -0.15) is 0 Å². The third-order valence-electron chi connectivity index (χ3n) is 2.36. The molecule has 0 spiro atoms. The summed E-state index contributed by atoms with van der Waals surface area (Å²) in [6.45, 7) is 0.890. The van der Waals surface area contributed by atoms with Crippen LogP contribution in [0.15, 0.2) is 24.3 Å². The first-order chi connectivity index (χ1) is 8.30. The molecule has 1 aromatic rings. The fraction of sp³-hybridized carbons (Fsp3) is 0.462. The molecule has 0 saturated heterocycles. The van der Waals surface area contributed by atoms with Gasteiger partial charge in [0.1, 0.15) is 12.0 Å². The summed E-state index contributed by atoms with van der Waals surface area (Å²) in [7, 11) is 3.22. The van der Waals surface area contributed by atoms with Gasteiger partial charge in [0.05, 0.1) is 26.4 Å². The molecule has 0 aromatic heterocycles. The summed E-state index contributed by atoms with van der Waals surface area (Å²) in [6, 6.07) is 7.63. The van der Waals surface area contributed by atoms with Gasteiger partial charge in [-0.15, -0.1) is 0 Å². The number of benzene rings is 1. The molecule has 0 saturated carbocycles. The first kappa shape index (κ1) is 13.7. The van der Waals surface area contributed by atoms with Gasteiger partial charge in [0.2, 0.25) is 0 Å². The van der Waals surface area contributed by atoms with E-state index in [0.717, 1.165) is 17.6 Å². The Bertz CT molecular complexity index is 321. The van der Waals surface area contributed by atoms with E-state index in [4.69, 9.17) is 14.2 Å². The van der Waals surface area contributed by atoms with Crippen LogP contribution in [0.2, 0.25) is 0 Å². The Morgan fingerprint density at radius 3 is 2.47 bits per heavy atom. The molecule has 17 heavy (non-hydrogen) atoms. The summed E-state index contributed by atoms with van der Waals surface area (Å²) >= 11 is 0. The van der Waals surface area contributed by atoms with Crippen molar-refractivity contribution in [3.8, 4) is 5.75 Å². The molecule has 0 fully saturated rings. The summed E-state index contributed by atoms with van der Waals surface area (Å²) in [5.41, 5.74) is 1.04. The van der Waals surface area contributed by atoms with Gasteiger partial charge in [0, 0.05) is 13.5 Å². The standard InChI is InChI=1S/C13H18O4/c1-15-10-13(7-8-14)17-9-11-3-5-12(16-2)6-4-11/h3-6,8,13H,7,9-10H2,1-2H3. The highest BCUT2D eigenvalue weighted by Crippen LogP contribution is 2.13. The fourth-order valence-corrected chi connectivity index (χ4v) is 1.41. The summed E-state index contributed by atoms with van der Waals surface area (Å²) < 4.78 is 15.6. The number of methoxy groups -OCH3 is 2. The van der Waals surface area contributed by atoms with E-state index < -0.39 is 0 Å². The third kappa shape index (κ3) is 4.97. The van der Waals surface area contributed by atoms with Gasteiger partial charge < -0.3 is 19.0 Å². The molecular weight excluding hydrogens is 220 g/mol. The Morgan fingerprint density at radius 2 is 1.94 bits per heavy atom. The molecule has 1 unspecified atom stereocenters. The molecule has 4 nitrogen and oxygen atoms in total. The molecule has 0 aliphatic rings. The zero-order valence-corrected chi connectivity index (χ0v) is 10.2. The van der Waals surface area contributed by atoms with Gasteiger partial charge in [-0.25, -0.2) is 0 Å². The highest BCUT2D eigenvalue weighted by Gasteiger charge is 2.08. The van der Waals surface area contributed by atoms with E-state index in [0.29, 0.717) is 19.6 Å². The molecule has 0 aliphatic carbocycles. The number of carbonyl (C=O) groups is 1. The van der Waals surface area contributed by atoms with E-state index in [1.807, 2.05) is 24.3 Å². The summed E-state index contributed by atoms with van der Waals surface area (Å²) in [5, 5.41) is 0. The Morgan fingerprint density at radius 1 is 1.24 bits per heavy atom. The predicted octanol–water partition coefficient (Wildman–Crippen LogP) is 1.82. The molecule has 0 aliphatic heterocycles. The lowest BCUT2D eigenvalue weighted by atomic mass is 10.2. The Balaban J connectivity index is 2.43. The molecule has 0 radical (unpaired) electrons. The van der Waals surface area contributed by atoms with Crippen LogP contribution in [0, 0.1) is 0 Å².